The van der Waals surface area contributed by atoms with Crippen molar-refractivity contribution in [2.75, 3.05) is 18.0 Å². The Morgan fingerprint density at radius 2 is 2.00 bits per heavy atom. The number of aryl methyl sites for hydroxylation is 2. The average molecular weight is 349 g/mol. The van der Waals surface area contributed by atoms with E-state index in [2.05, 4.69) is 26.9 Å². The molecule has 1 fully saturated rings. The Morgan fingerprint density at radius 1 is 1.12 bits per heavy atom. The number of aromatic nitrogens is 4. The predicted octanol–water partition coefficient (Wildman–Crippen LogP) is 4.05. The predicted molar refractivity (Wildman–Crippen MR) is 101 cm³/mol. The molecule has 0 amide bonds. The van der Waals surface area contributed by atoms with E-state index in [-0.39, 0.29) is 0 Å². The van der Waals surface area contributed by atoms with Crippen LogP contribution in [-0.4, -0.2) is 33.2 Å². The van der Waals surface area contributed by atoms with E-state index in [0.717, 1.165) is 47.2 Å². The number of nitrogens with zero attached hydrogens (tertiary/aromatic N) is 5. The molecule has 0 spiro atoms. The number of piperidine rings is 1. The molecule has 1 aliphatic rings. The molecule has 0 radical (unpaired) electrons. The van der Waals surface area contributed by atoms with Gasteiger partial charge in [0.2, 0.25) is 5.95 Å². The number of pyridine rings is 1. The largest absolute Gasteiger partial charge is 0.356 e. The summed E-state index contributed by atoms with van der Waals surface area (Å²) in [6, 6.07) is 5.95. The summed E-state index contributed by atoms with van der Waals surface area (Å²) in [5.74, 6) is 2.11. The zero-order valence-corrected chi connectivity index (χ0v) is 15.4. The van der Waals surface area contributed by atoms with Gasteiger partial charge in [-0.15, -0.1) is 0 Å². The molecular formula is C20H23N5O. The quantitative estimate of drug-likeness (QED) is 0.711. The standard InChI is InChI=1S/C20H23N5O/c1-13-5-4-8-25(12-13)20-22-11-17(18-9-15(3)24-26-18)19(23-20)16-7-6-14(2)21-10-16/h6-7,9-11,13H,4-5,8,12H2,1-3H3/t13-/m1/s1. The normalized spacial score (nSPS) is 17.5. The summed E-state index contributed by atoms with van der Waals surface area (Å²) in [6.45, 7) is 8.15. The molecule has 4 rings (SSSR count). The maximum atomic E-state index is 5.47. The van der Waals surface area contributed by atoms with Gasteiger partial charge in [0.05, 0.1) is 17.0 Å². The Balaban J connectivity index is 1.80. The van der Waals surface area contributed by atoms with Crippen molar-refractivity contribution in [1.82, 2.24) is 20.1 Å². The van der Waals surface area contributed by atoms with Crippen LogP contribution in [-0.2, 0) is 0 Å². The second kappa shape index (κ2) is 6.86. The van der Waals surface area contributed by atoms with Crippen molar-refractivity contribution < 1.29 is 4.52 Å². The van der Waals surface area contributed by atoms with Crippen LogP contribution < -0.4 is 4.90 Å². The first-order valence-electron chi connectivity index (χ1n) is 9.09. The molecule has 134 valence electrons. The molecule has 1 atom stereocenters. The van der Waals surface area contributed by atoms with Gasteiger partial charge in [0.1, 0.15) is 0 Å². The molecule has 0 aromatic carbocycles. The summed E-state index contributed by atoms with van der Waals surface area (Å²) >= 11 is 0. The molecule has 6 heteroatoms. The summed E-state index contributed by atoms with van der Waals surface area (Å²) in [6.07, 6.45) is 6.14. The Kier molecular flexibility index (Phi) is 4.41. The molecule has 4 heterocycles. The maximum Gasteiger partial charge on any atom is 0.225 e. The van der Waals surface area contributed by atoms with Gasteiger partial charge in [-0.1, -0.05) is 12.1 Å². The van der Waals surface area contributed by atoms with Crippen LogP contribution in [0.25, 0.3) is 22.6 Å². The molecule has 3 aromatic heterocycles. The zero-order chi connectivity index (χ0) is 18.1. The maximum absolute atomic E-state index is 5.47. The smallest absolute Gasteiger partial charge is 0.225 e. The molecule has 3 aromatic rings. The van der Waals surface area contributed by atoms with Gasteiger partial charge < -0.3 is 9.42 Å². The highest BCUT2D eigenvalue weighted by Crippen LogP contribution is 2.32. The molecule has 0 saturated carbocycles. The van der Waals surface area contributed by atoms with E-state index < -0.39 is 0 Å². The first kappa shape index (κ1) is 16.7. The van der Waals surface area contributed by atoms with E-state index >= 15 is 0 Å². The van der Waals surface area contributed by atoms with Crippen LogP contribution in [0.15, 0.2) is 35.1 Å². The lowest BCUT2D eigenvalue weighted by Crippen LogP contribution is -2.35. The highest BCUT2D eigenvalue weighted by Gasteiger charge is 2.21. The van der Waals surface area contributed by atoms with E-state index in [1.807, 2.05) is 44.4 Å². The fraction of sp³-hybridized carbons (Fsp3) is 0.400. The van der Waals surface area contributed by atoms with E-state index in [1.165, 1.54) is 12.8 Å². The van der Waals surface area contributed by atoms with Gasteiger partial charge in [0.15, 0.2) is 5.76 Å². The monoisotopic (exact) mass is 349 g/mol. The van der Waals surface area contributed by atoms with Crippen molar-refractivity contribution in [3.63, 3.8) is 0 Å². The van der Waals surface area contributed by atoms with Crippen LogP contribution in [0.2, 0.25) is 0 Å². The van der Waals surface area contributed by atoms with Gasteiger partial charge >= 0.3 is 0 Å². The molecule has 0 unspecified atom stereocenters. The summed E-state index contributed by atoms with van der Waals surface area (Å²) in [5, 5.41) is 4.01. The first-order chi connectivity index (χ1) is 12.6. The van der Waals surface area contributed by atoms with Crippen LogP contribution in [0.3, 0.4) is 0 Å². The first-order valence-corrected chi connectivity index (χ1v) is 9.09. The van der Waals surface area contributed by atoms with Crippen LogP contribution in [0, 0.1) is 19.8 Å². The molecule has 0 N–H and O–H groups in total. The van der Waals surface area contributed by atoms with E-state index in [4.69, 9.17) is 9.51 Å². The van der Waals surface area contributed by atoms with Gasteiger partial charge in [-0.3, -0.25) is 4.98 Å². The second-order valence-electron chi connectivity index (χ2n) is 7.15. The minimum atomic E-state index is 0.661. The van der Waals surface area contributed by atoms with Gasteiger partial charge in [0, 0.05) is 42.8 Å². The van der Waals surface area contributed by atoms with Crippen molar-refractivity contribution in [1.29, 1.82) is 0 Å². The Hall–Kier alpha value is -2.76. The van der Waals surface area contributed by atoms with Crippen molar-refractivity contribution in [3.05, 3.63) is 42.0 Å². The lowest BCUT2D eigenvalue weighted by molar-refractivity contribution is 0.426. The summed E-state index contributed by atoms with van der Waals surface area (Å²) in [7, 11) is 0. The Morgan fingerprint density at radius 3 is 2.69 bits per heavy atom. The van der Waals surface area contributed by atoms with E-state index in [9.17, 15) is 0 Å². The molecule has 6 nitrogen and oxygen atoms in total. The van der Waals surface area contributed by atoms with Crippen LogP contribution in [0.4, 0.5) is 5.95 Å². The average Bonchev–Trinajstić information content (AvgIpc) is 3.08. The number of anilines is 1. The minimum Gasteiger partial charge on any atom is -0.356 e. The molecule has 1 aliphatic heterocycles. The summed E-state index contributed by atoms with van der Waals surface area (Å²) in [4.78, 5) is 16.2. The molecular weight excluding hydrogens is 326 g/mol. The molecule has 1 saturated heterocycles. The number of rotatable bonds is 3. The second-order valence-corrected chi connectivity index (χ2v) is 7.15. The van der Waals surface area contributed by atoms with E-state index in [0.29, 0.717) is 11.7 Å². The summed E-state index contributed by atoms with van der Waals surface area (Å²) in [5.41, 5.74) is 4.43. The number of hydrogen-bond donors (Lipinski definition) is 0. The zero-order valence-electron chi connectivity index (χ0n) is 15.4. The topological polar surface area (TPSA) is 67.9 Å². The van der Waals surface area contributed by atoms with Crippen molar-refractivity contribution >= 4 is 5.95 Å². The van der Waals surface area contributed by atoms with Gasteiger partial charge in [-0.2, -0.15) is 0 Å². The molecule has 0 bridgehead atoms. The SMILES string of the molecule is Cc1ccc(-c2nc(N3CCC[C@@H](C)C3)ncc2-c2cc(C)no2)cn1. The van der Waals surface area contributed by atoms with Gasteiger partial charge in [0.25, 0.3) is 0 Å². The fourth-order valence-electron chi connectivity index (χ4n) is 3.39. The van der Waals surface area contributed by atoms with E-state index in [1.54, 1.807) is 0 Å². The summed E-state index contributed by atoms with van der Waals surface area (Å²) < 4.78 is 5.47. The number of hydrogen-bond acceptors (Lipinski definition) is 6. The third-order valence-corrected chi connectivity index (χ3v) is 4.79. The van der Waals surface area contributed by atoms with Crippen molar-refractivity contribution in [2.24, 2.45) is 5.92 Å². The van der Waals surface area contributed by atoms with Gasteiger partial charge in [-0.25, -0.2) is 9.97 Å². The third-order valence-electron chi connectivity index (χ3n) is 4.79. The highest BCUT2D eigenvalue weighted by atomic mass is 16.5. The molecule has 0 aliphatic carbocycles. The lowest BCUT2D eigenvalue weighted by Gasteiger charge is -2.31. The minimum absolute atomic E-state index is 0.661. The Bertz CT molecular complexity index is 903. The van der Waals surface area contributed by atoms with Crippen molar-refractivity contribution in [2.45, 2.75) is 33.6 Å². The third kappa shape index (κ3) is 3.31. The fourth-order valence-corrected chi connectivity index (χ4v) is 3.39. The highest BCUT2D eigenvalue weighted by molar-refractivity contribution is 5.78. The lowest BCUT2D eigenvalue weighted by atomic mass is 10.0. The molecule has 26 heavy (non-hydrogen) atoms. The van der Waals surface area contributed by atoms with Crippen LogP contribution in [0.5, 0.6) is 0 Å². The Labute approximate surface area is 153 Å². The van der Waals surface area contributed by atoms with Gasteiger partial charge in [-0.05, 0) is 44.7 Å². The van der Waals surface area contributed by atoms with Crippen LogP contribution in [0.1, 0.15) is 31.2 Å². The van der Waals surface area contributed by atoms with Crippen molar-refractivity contribution in [3.8, 4) is 22.6 Å². The van der Waals surface area contributed by atoms with Crippen LogP contribution >= 0.6 is 0 Å².